The molecule has 5 N–H and O–H groups in total. The topological polar surface area (TPSA) is 197 Å². The van der Waals surface area contributed by atoms with Crippen molar-refractivity contribution < 1.29 is 43.5 Å². The molecule has 1 aliphatic heterocycles. The number of carbonyl (C=O) groups excluding carboxylic acids is 3. The van der Waals surface area contributed by atoms with E-state index < -0.39 is 66.8 Å². The number of hydrogen-bond donors (Lipinski definition) is 4. The van der Waals surface area contributed by atoms with Crippen LogP contribution in [0.15, 0.2) is 18.5 Å². The van der Waals surface area contributed by atoms with Crippen LogP contribution in [0.2, 0.25) is 0 Å². The van der Waals surface area contributed by atoms with Crippen LogP contribution >= 0.6 is 0 Å². The third-order valence-electron chi connectivity index (χ3n) is 5.89. The summed E-state index contributed by atoms with van der Waals surface area (Å²) in [5, 5.41) is 28.3. The molecule has 14 nitrogen and oxygen atoms in total. The lowest BCUT2D eigenvalue weighted by atomic mass is 9.87. The fourth-order valence-electron chi connectivity index (χ4n) is 3.67. The molecule has 3 rings (SSSR count). The highest BCUT2D eigenvalue weighted by atomic mass is 16.8. The number of aliphatic hydroxyl groups excluding tert-OH is 2. The Morgan fingerprint density at radius 3 is 2.58 bits per heavy atom. The maximum atomic E-state index is 12.6. The number of aromatic nitrogens is 3. The molecule has 36 heavy (non-hydrogen) atoms. The number of aliphatic hydroxyl groups is 2. The molecule has 1 aliphatic rings. The van der Waals surface area contributed by atoms with Crippen molar-refractivity contribution >= 4 is 29.4 Å². The molecule has 0 unspecified atom stereocenters. The molecule has 1 fully saturated rings. The first-order valence-electron chi connectivity index (χ1n) is 11.1. The molecule has 14 heteroatoms. The molecule has 0 aliphatic carbocycles. The Balaban J connectivity index is 1.76. The van der Waals surface area contributed by atoms with Crippen molar-refractivity contribution in [3.8, 4) is 0 Å². The summed E-state index contributed by atoms with van der Waals surface area (Å²) in [6.07, 6.45) is -3.89. The Bertz CT molecular complexity index is 1130. The lowest BCUT2D eigenvalue weighted by Gasteiger charge is -2.27. The fourth-order valence-corrected chi connectivity index (χ4v) is 3.67. The summed E-state index contributed by atoms with van der Waals surface area (Å²) in [6.45, 7) is 7.13. The van der Waals surface area contributed by atoms with Gasteiger partial charge in [0.15, 0.2) is 5.82 Å². The minimum Gasteiger partial charge on any atom is -0.431 e. The third kappa shape index (κ3) is 5.56. The number of fused-ring (bicyclic) bond motifs is 1. The van der Waals surface area contributed by atoms with E-state index in [0.717, 1.165) is 6.92 Å². The molecule has 2 aromatic rings. The summed E-state index contributed by atoms with van der Waals surface area (Å²) >= 11 is 0. The number of amides is 1. The average Bonchev–Trinajstić information content (AvgIpc) is 3.33. The molecule has 0 spiro atoms. The van der Waals surface area contributed by atoms with Crippen LogP contribution < -0.4 is 11.1 Å². The van der Waals surface area contributed by atoms with Crippen LogP contribution in [0.25, 0.3) is 5.52 Å². The zero-order chi connectivity index (χ0) is 26.8. The molecule has 0 aromatic carbocycles. The number of nitrogens with one attached hydrogen (secondary N) is 1. The van der Waals surface area contributed by atoms with Crippen LogP contribution in [0.3, 0.4) is 0 Å². The number of nitrogens with two attached hydrogens (primary N) is 1. The van der Waals surface area contributed by atoms with Gasteiger partial charge in [0, 0.05) is 6.92 Å². The summed E-state index contributed by atoms with van der Waals surface area (Å²) < 4.78 is 21.3. The van der Waals surface area contributed by atoms with Crippen molar-refractivity contribution in [2.75, 3.05) is 18.7 Å². The minimum atomic E-state index is -1.47. The van der Waals surface area contributed by atoms with E-state index in [4.69, 9.17) is 15.2 Å². The van der Waals surface area contributed by atoms with Gasteiger partial charge in [-0.2, -0.15) is 5.10 Å². The Morgan fingerprint density at radius 2 is 1.94 bits per heavy atom. The standard InChI is InChI=1S/C22H31N5O9/c1-11(28)34-10-35-20(32)33-8-13-15(29)17(30)22(5,36-13)14-7-6-12-18(24-9-25-27(12)14)26-19(31)16(23)21(2,3)4/h6-7,9,13,15-17,29-30H,8,10,23H2,1-5H3,(H,24,25,26,31)/t13-,15-,16-,17-,22+/m1/s1. The largest absolute Gasteiger partial charge is 0.511 e. The van der Waals surface area contributed by atoms with Gasteiger partial charge in [0.05, 0.1) is 11.7 Å². The molecule has 0 saturated carbocycles. The fraction of sp³-hybridized carbons (Fsp3) is 0.591. The molecule has 0 radical (unpaired) electrons. The smallest absolute Gasteiger partial charge is 0.431 e. The normalized spacial score (nSPS) is 24.8. The second kappa shape index (κ2) is 10.3. The Labute approximate surface area is 206 Å². The molecule has 5 atom stereocenters. The number of anilines is 1. The van der Waals surface area contributed by atoms with Gasteiger partial charge in [-0.3, -0.25) is 9.59 Å². The SMILES string of the molecule is CC(=O)OCOC(=O)OC[C@H]1O[C@@](C)(c2ccc3c(NC(=O)[C@@H](N)C(C)(C)C)ncnn23)[C@H](O)[C@@H]1O. The number of rotatable bonds is 7. The van der Waals surface area contributed by atoms with E-state index in [-0.39, 0.29) is 5.82 Å². The van der Waals surface area contributed by atoms with Crippen LogP contribution in [0, 0.1) is 5.41 Å². The average molecular weight is 510 g/mol. The van der Waals surface area contributed by atoms with Crippen LogP contribution in [0.5, 0.6) is 0 Å². The quantitative estimate of drug-likeness (QED) is 0.289. The summed E-state index contributed by atoms with van der Waals surface area (Å²) in [4.78, 5) is 39.1. The van der Waals surface area contributed by atoms with Crippen LogP contribution in [-0.4, -0.2) is 80.6 Å². The third-order valence-corrected chi connectivity index (χ3v) is 5.89. The maximum absolute atomic E-state index is 12.6. The summed E-state index contributed by atoms with van der Waals surface area (Å²) in [6, 6.07) is 2.43. The van der Waals surface area contributed by atoms with Gasteiger partial charge in [0.2, 0.25) is 12.7 Å². The Hall–Kier alpha value is -3.33. The van der Waals surface area contributed by atoms with Crippen LogP contribution in [0.4, 0.5) is 10.6 Å². The zero-order valence-corrected chi connectivity index (χ0v) is 20.6. The maximum Gasteiger partial charge on any atom is 0.511 e. The second-order valence-corrected chi connectivity index (χ2v) is 9.62. The first-order chi connectivity index (χ1) is 16.8. The molecule has 2 aromatic heterocycles. The first-order valence-corrected chi connectivity index (χ1v) is 11.1. The minimum absolute atomic E-state index is 0.202. The van der Waals surface area contributed by atoms with Crippen LogP contribution in [-0.2, 0) is 34.1 Å². The molecule has 1 amide bonds. The van der Waals surface area contributed by atoms with Gasteiger partial charge in [-0.05, 0) is 24.5 Å². The highest BCUT2D eigenvalue weighted by Gasteiger charge is 2.54. The van der Waals surface area contributed by atoms with E-state index in [1.807, 2.05) is 20.8 Å². The van der Waals surface area contributed by atoms with Crippen molar-refractivity contribution in [1.29, 1.82) is 0 Å². The molecule has 1 saturated heterocycles. The number of ether oxygens (including phenoxy) is 4. The molecular formula is C22H31N5O9. The van der Waals surface area contributed by atoms with Crippen LogP contribution in [0.1, 0.15) is 40.3 Å². The van der Waals surface area contributed by atoms with Crippen molar-refractivity contribution in [3.05, 3.63) is 24.2 Å². The number of nitrogens with zero attached hydrogens (tertiary/aromatic N) is 3. The van der Waals surface area contributed by atoms with E-state index in [1.165, 1.54) is 17.8 Å². The van der Waals surface area contributed by atoms with Gasteiger partial charge in [-0.25, -0.2) is 14.3 Å². The number of esters is 1. The Morgan fingerprint density at radius 1 is 1.25 bits per heavy atom. The lowest BCUT2D eigenvalue weighted by Crippen LogP contribution is -2.45. The van der Waals surface area contributed by atoms with Gasteiger partial charge in [-0.1, -0.05) is 20.8 Å². The number of hydrogen-bond acceptors (Lipinski definition) is 12. The monoisotopic (exact) mass is 509 g/mol. The van der Waals surface area contributed by atoms with Gasteiger partial charge in [0.1, 0.15) is 42.4 Å². The highest BCUT2D eigenvalue weighted by Crippen LogP contribution is 2.40. The van der Waals surface area contributed by atoms with Gasteiger partial charge in [0.25, 0.3) is 0 Å². The van der Waals surface area contributed by atoms with E-state index in [1.54, 1.807) is 12.1 Å². The first kappa shape index (κ1) is 27.3. The van der Waals surface area contributed by atoms with Gasteiger partial charge in [-0.15, -0.1) is 0 Å². The molecule has 0 bridgehead atoms. The lowest BCUT2D eigenvalue weighted by molar-refractivity contribution is -0.151. The molecular weight excluding hydrogens is 478 g/mol. The van der Waals surface area contributed by atoms with Crippen molar-refractivity contribution in [1.82, 2.24) is 14.6 Å². The van der Waals surface area contributed by atoms with E-state index >= 15 is 0 Å². The predicted molar refractivity (Wildman–Crippen MR) is 122 cm³/mol. The highest BCUT2D eigenvalue weighted by molar-refractivity contribution is 5.97. The van der Waals surface area contributed by atoms with Gasteiger partial charge < -0.3 is 40.2 Å². The van der Waals surface area contributed by atoms with Crippen molar-refractivity contribution in [2.45, 2.75) is 64.6 Å². The molecule has 3 heterocycles. The van der Waals surface area contributed by atoms with Crippen molar-refractivity contribution in [2.24, 2.45) is 11.1 Å². The van der Waals surface area contributed by atoms with Gasteiger partial charge >= 0.3 is 12.1 Å². The van der Waals surface area contributed by atoms with E-state index in [9.17, 15) is 24.6 Å². The second-order valence-electron chi connectivity index (χ2n) is 9.62. The Kier molecular flexibility index (Phi) is 7.83. The van der Waals surface area contributed by atoms with E-state index in [2.05, 4.69) is 24.9 Å². The molecule has 198 valence electrons. The van der Waals surface area contributed by atoms with Crippen molar-refractivity contribution in [3.63, 3.8) is 0 Å². The summed E-state index contributed by atoms with van der Waals surface area (Å²) in [5.74, 6) is -0.866. The number of carbonyl (C=O) groups is 3. The zero-order valence-electron chi connectivity index (χ0n) is 20.6. The summed E-state index contributed by atoms with van der Waals surface area (Å²) in [5.41, 5.74) is 4.85. The predicted octanol–water partition coefficient (Wildman–Crippen LogP) is 0.0508. The summed E-state index contributed by atoms with van der Waals surface area (Å²) in [7, 11) is 0. The van der Waals surface area contributed by atoms with E-state index in [0.29, 0.717) is 11.2 Å².